The van der Waals surface area contributed by atoms with Gasteiger partial charge in [-0.05, 0) is 231 Å². The molecule has 4 atom stereocenters. The van der Waals surface area contributed by atoms with Gasteiger partial charge in [0.15, 0.2) is 0 Å². The fraction of sp³-hybridized carbons (Fsp3) is 0.272. The first-order chi connectivity index (χ1) is 57.8. The summed E-state index contributed by atoms with van der Waals surface area (Å²) < 4.78 is 23.2. The number of nitrogens with zero attached hydrogens (tertiary/aromatic N) is 7. The zero-order valence-electron chi connectivity index (χ0n) is 70.1. The minimum absolute atomic E-state index is 0.259. The maximum atomic E-state index is 10.8. The third-order valence-corrected chi connectivity index (χ3v) is 20.7. The number of fused-ring (bicyclic) bond motifs is 2. The van der Waals surface area contributed by atoms with E-state index in [9.17, 15) is 20.4 Å². The summed E-state index contributed by atoms with van der Waals surface area (Å²) in [7, 11) is 0. The Bertz CT molecular complexity index is 5140. The largest absolute Gasteiger partial charge is 0.491 e. The van der Waals surface area contributed by atoms with Gasteiger partial charge in [-0.2, -0.15) is 0 Å². The first kappa shape index (κ1) is 88.1. The lowest BCUT2D eigenvalue weighted by Gasteiger charge is -2.26. The molecule has 0 saturated carbocycles. The molecule has 0 spiro atoms. The van der Waals surface area contributed by atoms with Gasteiger partial charge < -0.3 is 44.4 Å². The van der Waals surface area contributed by atoms with Crippen LogP contribution in [0.25, 0.3) is 21.8 Å². The van der Waals surface area contributed by atoms with Gasteiger partial charge in [0.25, 0.3) is 0 Å². The Balaban J connectivity index is 0.000000156. The summed E-state index contributed by atoms with van der Waals surface area (Å²) in [6.45, 7) is 25.9. The number of hydrogen-bond acceptors (Lipinski definition) is 15. The average Bonchev–Trinajstić information content (AvgIpc) is 1.83. The summed E-state index contributed by atoms with van der Waals surface area (Å²) in [6.07, 6.45) is 8.70. The third-order valence-electron chi connectivity index (χ3n) is 20.7. The second kappa shape index (κ2) is 46.5. The van der Waals surface area contributed by atoms with E-state index in [0.29, 0.717) is 26.2 Å². The maximum Gasteiger partial charge on any atom is 0.119 e. The quantitative estimate of drug-likeness (QED) is 0.0250. The molecular formula is C103H116N8O8. The molecule has 0 saturated heterocycles. The number of benzene rings is 10. The molecule has 0 aliphatic rings. The van der Waals surface area contributed by atoms with Crippen LogP contribution in [0.2, 0.25) is 0 Å². The molecule has 0 amide bonds. The van der Waals surface area contributed by atoms with Crippen molar-refractivity contribution in [3.8, 4) is 23.0 Å². The Morgan fingerprint density at radius 2 is 0.639 bits per heavy atom. The molecule has 16 nitrogen and oxygen atoms in total. The SMILES string of the molecule is Cc1ccc(OCC(O)CN(Cc2ccc3[nH]ccc3c2)Cc2ccccc2C)cc1.Cc1ccc(OCC(O)CN(Cc2ccc3ncccc3c2)Cc2ccccc2C)cc1.Cc1ccc(OCC(O)CN(Cc2cccnc2)Cc2ccccc2C)cc1.Cc1ccc(OCC(O)CN(Cc2ccncc2)Cc2ccccc2C)cc1. The Morgan fingerprint density at radius 1 is 0.294 bits per heavy atom. The molecule has 0 aliphatic heterocycles. The minimum atomic E-state index is -0.595. The van der Waals surface area contributed by atoms with E-state index >= 15 is 0 Å². The molecule has 4 aromatic heterocycles. The highest BCUT2D eigenvalue weighted by Crippen LogP contribution is 2.25. The van der Waals surface area contributed by atoms with Gasteiger partial charge in [-0.15, -0.1) is 0 Å². The highest BCUT2D eigenvalue weighted by Gasteiger charge is 2.21. The molecule has 10 aromatic carbocycles. The standard InChI is InChI=1S/C28H30N2O2.C27H30N2O2.2C24H28N2O2/c1-21-9-12-27(13-10-21)32-20-26(31)19-30(18-25-7-4-3-6-22(25)2)17-23-11-14-28-24(16-23)8-5-15-29-28;1-20-7-10-26(11-8-20)31-19-25(30)18-29(17-24-6-4-3-5-21(24)2)16-22-9-12-27-23(15-22)13-14-28-27;1-19-9-11-24(12-10-19)28-18-23(27)17-26(15-21-7-5-13-25-14-21)16-22-8-4-3-6-20(22)2;1-19-7-9-24(10-8-19)28-18-23(27)17-26(15-21-11-13-25-14-12-21)16-22-6-4-3-5-20(22)2/h3-16,26,31H,17-20H2,1-2H3;3-15,25,28,30H,16-19H2,1-2H3;2*3-14,23,27H,15-18H2,1-2H3. The van der Waals surface area contributed by atoms with Crippen LogP contribution < -0.4 is 18.9 Å². The number of aliphatic hydroxyl groups excluding tert-OH is 4. The molecule has 4 heterocycles. The average molecular weight is 1590 g/mol. The van der Waals surface area contributed by atoms with Crippen molar-refractivity contribution in [2.75, 3.05) is 52.6 Å². The number of aromatic nitrogens is 4. The molecule has 5 N–H and O–H groups in total. The van der Waals surface area contributed by atoms with Gasteiger partial charge in [0.2, 0.25) is 0 Å². The molecule has 16 heteroatoms. The normalized spacial score (nSPS) is 12.2. The van der Waals surface area contributed by atoms with Crippen molar-refractivity contribution in [1.82, 2.24) is 39.5 Å². The maximum absolute atomic E-state index is 10.8. The summed E-state index contributed by atoms with van der Waals surface area (Å²) in [5.41, 5.74) is 21.7. The lowest BCUT2D eigenvalue weighted by molar-refractivity contribution is 0.0626. The molecule has 119 heavy (non-hydrogen) atoms. The Morgan fingerprint density at radius 3 is 1.01 bits per heavy atom. The topological polar surface area (TPSA) is 185 Å². The van der Waals surface area contributed by atoms with Gasteiger partial charge >= 0.3 is 0 Å². The number of aryl methyl sites for hydroxylation is 8. The van der Waals surface area contributed by atoms with Crippen LogP contribution in [0, 0.1) is 55.4 Å². The van der Waals surface area contributed by atoms with Crippen molar-refractivity contribution >= 4 is 21.8 Å². The van der Waals surface area contributed by atoms with Crippen molar-refractivity contribution in [3.05, 3.63) is 399 Å². The van der Waals surface area contributed by atoms with E-state index in [4.69, 9.17) is 18.9 Å². The van der Waals surface area contributed by atoms with E-state index in [0.717, 1.165) is 97.3 Å². The van der Waals surface area contributed by atoms with Gasteiger partial charge in [0.1, 0.15) is 73.8 Å². The first-order valence-electron chi connectivity index (χ1n) is 41.1. The molecule has 0 bridgehead atoms. The monoisotopic (exact) mass is 1590 g/mol. The summed E-state index contributed by atoms with van der Waals surface area (Å²) in [6, 6.07) is 92.2. The molecule has 14 rings (SSSR count). The van der Waals surface area contributed by atoms with Crippen molar-refractivity contribution in [2.24, 2.45) is 0 Å². The summed E-state index contributed by atoms with van der Waals surface area (Å²) in [5.74, 6) is 3.13. The van der Waals surface area contributed by atoms with Crippen LogP contribution in [-0.4, -0.2) is 137 Å². The zero-order valence-corrected chi connectivity index (χ0v) is 70.1. The van der Waals surface area contributed by atoms with Gasteiger partial charge in [-0.25, -0.2) is 0 Å². The van der Waals surface area contributed by atoms with Crippen LogP contribution in [0.4, 0.5) is 0 Å². The molecule has 14 aromatic rings. The van der Waals surface area contributed by atoms with Gasteiger partial charge in [-0.1, -0.05) is 192 Å². The fourth-order valence-electron chi connectivity index (χ4n) is 14.0. The minimum Gasteiger partial charge on any atom is -0.491 e. The van der Waals surface area contributed by atoms with E-state index in [2.05, 4.69) is 219 Å². The smallest absolute Gasteiger partial charge is 0.119 e. The number of hydrogen-bond donors (Lipinski definition) is 5. The number of aliphatic hydroxyl groups is 4. The van der Waals surface area contributed by atoms with E-state index in [-0.39, 0.29) is 26.4 Å². The van der Waals surface area contributed by atoms with Crippen molar-refractivity contribution in [3.63, 3.8) is 0 Å². The second-order valence-electron chi connectivity index (χ2n) is 31.1. The molecule has 0 fully saturated rings. The highest BCUT2D eigenvalue weighted by atomic mass is 16.5. The first-order valence-corrected chi connectivity index (χ1v) is 41.1. The lowest BCUT2D eigenvalue weighted by atomic mass is 10.1. The fourth-order valence-corrected chi connectivity index (χ4v) is 14.0. The molecular weight excluding hydrogens is 1480 g/mol. The van der Waals surface area contributed by atoms with Crippen LogP contribution in [0.1, 0.15) is 89.0 Å². The van der Waals surface area contributed by atoms with Gasteiger partial charge in [-0.3, -0.25) is 34.6 Å². The lowest BCUT2D eigenvalue weighted by Crippen LogP contribution is -2.35. The summed E-state index contributed by atoms with van der Waals surface area (Å²) >= 11 is 0. The number of rotatable bonds is 36. The van der Waals surface area contributed by atoms with E-state index in [1.807, 2.05) is 168 Å². The van der Waals surface area contributed by atoms with Crippen LogP contribution in [-0.2, 0) is 52.4 Å². The van der Waals surface area contributed by atoms with E-state index in [1.165, 1.54) is 88.8 Å². The summed E-state index contributed by atoms with van der Waals surface area (Å²) in [4.78, 5) is 25.0. The molecule has 0 aliphatic carbocycles. The Hall–Kier alpha value is -11.7. The Labute approximate surface area is 703 Å². The van der Waals surface area contributed by atoms with Gasteiger partial charge in [0, 0.05) is 127 Å². The van der Waals surface area contributed by atoms with Gasteiger partial charge in [0.05, 0.1) is 5.52 Å². The van der Waals surface area contributed by atoms with Crippen LogP contribution in [0.15, 0.2) is 310 Å². The number of H-pyrrole nitrogens is 1. The van der Waals surface area contributed by atoms with E-state index in [1.54, 1.807) is 18.6 Å². The van der Waals surface area contributed by atoms with Crippen LogP contribution in [0.5, 0.6) is 23.0 Å². The number of ether oxygens (including phenoxy) is 4. The third kappa shape index (κ3) is 30.3. The predicted octanol–water partition coefficient (Wildman–Crippen LogP) is 18.8. The van der Waals surface area contributed by atoms with Crippen molar-refractivity contribution in [1.29, 1.82) is 0 Å². The van der Waals surface area contributed by atoms with Crippen LogP contribution in [0.3, 0.4) is 0 Å². The van der Waals surface area contributed by atoms with Crippen molar-refractivity contribution in [2.45, 2.75) is 132 Å². The molecule has 616 valence electrons. The van der Waals surface area contributed by atoms with Crippen LogP contribution >= 0.6 is 0 Å². The number of nitrogens with one attached hydrogen (secondary N) is 1. The number of aromatic amines is 1. The second-order valence-corrected chi connectivity index (χ2v) is 31.1. The van der Waals surface area contributed by atoms with Crippen molar-refractivity contribution < 1.29 is 39.4 Å². The predicted molar refractivity (Wildman–Crippen MR) is 480 cm³/mol. The molecule has 0 radical (unpaired) electrons. The zero-order chi connectivity index (χ0) is 83.5. The number of pyridine rings is 3. The summed E-state index contributed by atoms with van der Waals surface area (Å²) in [5, 5.41) is 45.0. The highest BCUT2D eigenvalue weighted by molar-refractivity contribution is 5.80. The Kier molecular flexibility index (Phi) is 34.4. The van der Waals surface area contributed by atoms with E-state index < -0.39 is 24.4 Å². The molecule has 4 unspecified atom stereocenters.